The molecule has 1 atom stereocenters. The molecule has 5 rings (SSSR count). The lowest BCUT2D eigenvalue weighted by molar-refractivity contribution is -0.00724. The Morgan fingerprint density at radius 1 is 1.00 bits per heavy atom. The fourth-order valence-electron chi connectivity index (χ4n) is 5.19. The lowest BCUT2D eigenvalue weighted by Crippen LogP contribution is -2.40. The Balaban J connectivity index is 1.98. The standard InChI is InChI=1S/C27H29N3O6/c1-27(2)14-36-24(16-12-17(34-5)23(31)18(13-16)35-6)22-21-19(25(32)29(4)26(33)28(21)3)20(30(22)27)15-10-8-7-9-11-15/h7-13,24,31H,14H2,1-6H3/t24-/m1/s1. The Morgan fingerprint density at radius 2 is 1.61 bits per heavy atom. The molecule has 0 spiro atoms. The zero-order chi connectivity index (χ0) is 25.9. The summed E-state index contributed by atoms with van der Waals surface area (Å²) >= 11 is 0. The number of methoxy groups -OCH3 is 2. The molecular weight excluding hydrogens is 462 g/mol. The van der Waals surface area contributed by atoms with Crippen molar-refractivity contribution >= 4 is 10.9 Å². The van der Waals surface area contributed by atoms with Crippen molar-refractivity contribution in [3.63, 3.8) is 0 Å². The van der Waals surface area contributed by atoms with Crippen molar-refractivity contribution in [1.82, 2.24) is 13.7 Å². The number of nitrogens with zero attached hydrogens (tertiary/aromatic N) is 3. The number of phenols is 1. The van der Waals surface area contributed by atoms with Gasteiger partial charge in [-0.3, -0.25) is 13.9 Å². The van der Waals surface area contributed by atoms with E-state index < -0.39 is 17.3 Å². The number of benzene rings is 2. The third-order valence-corrected chi connectivity index (χ3v) is 6.92. The van der Waals surface area contributed by atoms with E-state index in [1.807, 2.05) is 44.2 Å². The number of hydrogen-bond acceptors (Lipinski definition) is 6. The number of fused-ring (bicyclic) bond motifs is 3. The topological polar surface area (TPSA) is 96.9 Å². The van der Waals surface area contributed by atoms with Crippen LogP contribution < -0.4 is 20.7 Å². The molecule has 0 aliphatic carbocycles. The van der Waals surface area contributed by atoms with Crippen LogP contribution in [-0.4, -0.2) is 39.6 Å². The van der Waals surface area contributed by atoms with Crippen LogP contribution in [0.5, 0.6) is 17.2 Å². The minimum atomic E-state index is -0.668. The Kier molecular flexibility index (Phi) is 5.48. The van der Waals surface area contributed by atoms with Crippen LogP contribution in [-0.2, 0) is 24.4 Å². The summed E-state index contributed by atoms with van der Waals surface area (Å²) in [5, 5.41) is 10.9. The predicted octanol–water partition coefficient (Wildman–Crippen LogP) is 3.28. The van der Waals surface area contributed by atoms with Gasteiger partial charge in [0.15, 0.2) is 11.5 Å². The highest BCUT2D eigenvalue weighted by Gasteiger charge is 2.41. The zero-order valence-corrected chi connectivity index (χ0v) is 21.2. The number of phenolic OH excluding ortho intramolecular Hbond substituents is 1. The summed E-state index contributed by atoms with van der Waals surface area (Å²) in [6.07, 6.45) is -0.668. The molecule has 0 saturated carbocycles. The highest BCUT2D eigenvalue weighted by Crippen LogP contribution is 2.48. The zero-order valence-electron chi connectivity index (χ0n) is 21.2. The van der Waals surface area contributed by atoms with Crippen molar-refractivity contribution in [2.45, 2.75) is 25.5 Å². The first-order chi connectivity index (χ1) is 17.1. The van der Waals surface area contributed by atoms with Gasteiger partial charge in [0.05, 0.1) is 48.7 Å². The number of rotatable bonds is 4. The Morgan fingerprint density at radius 3 is 2.19 bits per heavy atom. The summed E-state index contributed by atoms with van der Waals surface area (Å²) < 4.78 is 22.0. The first-order valence-corrected chi connectivity index (χ1v) is 11.6. The largest absolute Gasteiger partial charge is 0.502 e. The molecule has 9 nitrogen and oxygen atoms in total. The first kappa shape index (κ1) is 23.7. The summed E-state index contributed by atoms with van der Waals surface area (Å²) in [5.41, 5.74) is 2.09. The molecule has 1 aliphatic rings. The van der Waals surface area contributed by atoms with E-state index in [0.29, 0.717) is 28.8 Å². The summed E-state index contributed by atoms with van der Waals surface area (Å²) in [6.45, 7) is 4.42. The highest BCUT2D eigenvalue weighted by atomic mass is 16.5. The molecule has 9 heteroatoms. The molecule has 1 N–H and O–H groups in total. The average Bonchev–Trinajstić information content (AvgIpc) is 3.25. The lowest BCUT2D eigenvalue weighted by Gasteiger charge is -2.39. The maximum atomic E-state index is 13.6. The molecule has 0 unspecified atom stereocenters. The smallest absolute Gasteiger partial charge is 0.331 e. The van der Waals surface area contributed by atoms with Crippen molar-refractivity contribution in [2.75, 3.05) is 20.8 Å². The van der Waals surface area contributed by atoms with E-state index in [0.717, 1.165) is 15.8 Å². The third kappa shape index (κ3) is 3.26. The average molecular weight is 492 g/mol. The second kappa shape index (κ2) is 8.30. The van der Waals surface area contributed by atoms with Crippen molar-refractivity contribution in [3.05, 3.63) is 74.6 Å². The molecule has 36 heavy (non-hydrogen) atoms. The van der Waals surface area contributed by atoms with E-state index in [9.17, 15) is 14.7 Å². The molecule has 3 heterocycles. The third-order valence-electron chi connectivity index (χ3n) is 6.92. The number of hydrogen-bond donors (Lipinski definition) is 1. The van der Waals surface area contributed by atoms with Gasteiger partial charge >= 0.3 is 5.69 Å². The predicted molar refractivity (Wildman–Crippen MR) is 136 cm³/mol. The number of aromatic nitrogens is 3. The van der Waals surface area contributed by atoms with Gasteiger partial charge in [0, 0.05) is 14.1 Å². The molecule has 0 amide bonds. The van der Waals surface area contributed by atoms with Gasteiger partial charge in [-0.05, 0) is 37.1 Å². The van der Waals surface area contributed by atoms with E-state index in [1.54, 1.807) is 19.2 Å². The van der Waals surface area contributed by atoms with Crippen LogP contribution in [0.25, 0.3) is 22.2 Å². The van der Waals surface area contributed by atoms with Crippen LogP contribution >= 0.6 is 0 Å². The SMILES string of the molecule is COc1cc([C@H]2OCC(C)(C)n3c(-c4ccccc4)c4c(=O)n(C)c(=O)n(C)c4c32)cc(OC)c1O. The molecule has 0 bridgehead atoms. The summed E-state index contributed by atoms with van der Waals surface area (Å²) in [4.78, 5) is 26.7. The number of ether oxygens (including phenoxy) is 3. The summed E-state index contributed by atoms with van der Waals surface area (Å²) in [7, 11) is 6.07. The van der Waals surface area contributed by atoms with Crippen molar-refractivity contribution < 1.29 is 19.3 Å². The highest BCUT2D eigenvalue weighted by molar-refractivity contribution is 5.96. The molecular formula is C27H29N3O6. The summed E-state index contributed by atoms with van der Waals surface area (Å²) in [6, 6.07) is 13.1. The van der Waals surface area contributed by atoms with Crippen LogP contribution in [0.3, 0.4) is 0 Å². The van der Waals surface area contributed by atoms with Gasteiger partial charge in [-0.1, -0.05) is 30.3 Å². The second-order valence-corrected chi connectivity index (χ2v) is 9.64. The summed E-state index contributed by atoms with van der Waals surface area (Å²) in [5.74, 6) is 0.341. The van der Waals surface area contributed by atoms with E-state index >= 15 is 0 Å². The van der Waals surface area contributed by atoms with Gasteiger partial charge in [-0.2, -0.15) is 0 Å². The fourth-order valence-corrected chi connectivity index (χ4v) is 5.19. The van der Waals surface area contributed by atoms with Gasteiger partial charge in [-0.25, -0.2) is 4.79 Å². The van der Waals surface area contributed by atoms with E-state index in [4.69, 9.17) is 14.2 Å². The molecule has 2 aromatic heterocycles. The van der Waals surface area contributed by atoms with Gasteiger partial charge in [0.1, 0.15) is 6.10 Å². The van der Waals surface area contributed by atoms with Gasteiger partial charge in [-0.15, -0.1) is 0 Å². The van der Waals surface area contributed by atoms with Crippen molar-refractivity contribution in [1.29, 1.82) is 0 Å². The molecule has 1 aliphatic heterocycles. The Bertz CT molecular complexity index is 1590. The fraction of sp³-hybridized carbons (Fsp3) is 0.333. The van der Waals surface area contributed by atoms with Crippen molar-refractivity contribution in [2.24, 2.45) is 14.1 Å². The van der Waals surface area contributed by atoms with Crippen LogP contribution in [0, 0.1) is 0 Å². The minimum absolute atomic E-state index is 0.119. The van der Waals surface area contributed by atoms with Gasteiger partial charge < -0.3 is 23.9 Å². The molecule has 0 fully saturated rings. The van der Waals surface area contributed by atoms with Crippen LogP contribution in [0.15, 0.2) is 52.1 Å². The quantitative estimate of drug-likeness (QED) is 0.471. The normalized spacial score (nSPS) is 16.7. The molecule has 0 radical (unpaired) electrons. The van der Waals surface area contributed by atoms with Crippen LogP contribution in [0.1, 0.15) is 31.2 Å². The Labute approximate surface area is 207 Å². The molecule has 188 valence electrons. The van der Waals surface area contributed by atoms with Gasteiger partial charge in [0.25, 0.3) is 5.56 Å². The Hall–Kier alpha value is -3.98. The maximum Gasteiger partial charge on any atom is 0.331 e. The van der Waals surface area contributed by atoms with Crippen LogP contribution in [0.2, 0.25) is 0 Å². The van der Waals surface area contributed by atoms with E-state index in [1.165, 1.54) is 25.8 Å². The van der Waals surface area contributed by atoms with Crippen molar-refractivity contribution in [3.8, 4) is 28.5 Å². The van der Waals surface area contributed by atoms with E-state index in [2.05, 4.69) is 4.57 Å². The maximum absolute atomic E-state index is 13.6. The second-order valence-electron chi connectivity index (χ2n) is 9.64. The lowest BCUT2D eigenvalue weighted by atomic mass is 9.97. The first-order valence-electron chi connectivity index (χ1n) is 11.6. The van der Waals surface area contributed by atoms with E-state index in [-0.39, 0.29) is 22.8 Å². The number of aromatic hydroxyl groups is 1. The van der Waals surface area contributed by atoms with Crippen LogP contribution in [0.4, 0.5) is 0 Å². The van der Waals surface area contributed by atoms with Gasteiger partial charge in [0.2, 0.25) is 5.75 Å². The molecule has 2 aromatic carbocycles. The molecule has 0 saturated heterocycles. The molecule has 4 aromatic rings. The number of aryl methyl sites for hydroxylation is 1. The monoisotopic (exact) mass is 491 g/mol. The minimum Gasteiger partial charge on any atom is -0.502 e.